The lowest BCUT2D eigenvalue weighted by atomic mass is 10.1. The topological polar surface area (TPSA) is 87.3 Å². The summed E-state index contributed by atoms with van der Waals surface area (Å²) in [5, 5.41) is 8.32. The van der Waals surface area contributed by atoms with Crippen molar-refractivity contribution in [3.05, 3.63) is 41.9 Å². The lowest BCUT2D eigenvalue weighted by molar-refractivity contribution is -0.128. The first-order chi connectivity index (χ1) is 15.3. The number of unbranched alkanes of at least 4 members (excludes halogenated alkanes) is 6. The molecule has 1 rings (SSSR count). The molecule has 1 aromatic rings. The maximum absolute atomic E-state index is 12.6. The SMILES string of the molecule is CCCCCCCCCC(=O)N[C@@H](CNC(=O)c1ccc(C)cc1)C(=O)N[CH]CC(C)C. The quantitative estimate of drug-likeness (QED) is 0.324. The van der Waals surface area contributed by atoms with Crippen LogP contribution >= 0.6 is 0 Å². The van der Waals surface area contributed by atoms with Gasteiger partial charge < -0.3 is 16.0 Å². The molecule has 0 saturated carbocycles. The summed E-state index contributed by atoms with van der Waals surface area (Å²) in [5.74, 6) is -0.327. The minimum absolute atomic E-state index is 0.0385. The fourth-order valence-electron chi connectivity index (χ4n) is 3.22. The lowest BCUT2D eigenvalue weighted by Gasteiger charge is -2.19. The zero-order chi connectivity index (χ0) is 23.8. The number of benzene rings is 1. The monoisotopic (exact) mass is 444 g/mol. The molecule has 32 heavy (non-hydrogen) atoms. The molecule has 0 spiro atoms. The van der Waals surface area contributed by atoms with Gasteiger partial charge in [0.15, 0.2) is 0 Å². The van der Waals surface area contributed by atoms with Crippen LogP contribution in [0.4, 0.5) is 0 Å². The molecule has 1 aromatic carbocycles. The molecular weight excluding hydrogens is 402 g/mol. The van der Waals surface area contributed by atoms with Gasteiger partial charge in [-0.2, -0.15) is 0 Å². The number of aryl methyl sites for hydroxylation is 1. The number of carbonyl (C=O) groups excluding carboxylic acids is 3. The van der Waals surface area contributed by atoms with E-state index in [1.807, 2.05) is 19.1 Å². The zero-order valence-electron chi connectivity index (χ0n) is 20.3. The third-order valence-electron chi connectivity index (χ3n) is 5.27. The first kappa shape index (κ1) is 27.7. The van der Waals surface area contributed by atoms with Crippen molar-refractivity contribution in [1.29, 1.82) is 0 Å². The van der Waals surface area contributed by atoms with Gasteiger partial charge in [0.05, 0.1) is 0 Å². The van der Waals surface area contributed by atoms with E-state index in [1.165, 1.54) is 25.7 Å². The molecule has 0 aliphatic heterocycles. The normalized spacial score (nSPS) is 11.8. The summed E-state index contributed by atoms with van der Waals surface area (Å²) in [6, 6.07) is 6.41. The first-order valence-corrected chi connectivity index (χ1v) is 12.1. The Labute approximate surface area is 194 Å². The summed E-state index contributed by atoms with van der Waals surface area (Å²) in [6.45, 7) is 10.0. The smallest absolute Gasteiger partial charge is 0.251 e. The zero-order valence-corrected chi connectivity index (χ0v) is 20.3. The number of hydrogen-bond acceptors (Lipinski definition) is 3. The van der Waals surface area contributed by atoms with E-state index in [0.717, 1.165) is 31.2 Å². The third-order valence-corrected chi connectivity index (χ3v) is 5.27. The van der Waals surface area contributed by atoms with Crippen molar-refractivity contribution in [2.75, 3.05) is 6.54 Å². The highest BCUT2D eigenvalue weighted by atomic mass is 16.2. The summed E-state index contributed by atoms with van der Waals surface area (Å²) in [5.41, 5.74) is 1.59. The van der Waals surface area contributed by atoms with Gasteiger partial charge in [-0.25, -0.2) is 0 Å². The molecule has 0 aromatic heterocycles. The van der Waals surface area contributed by atoms with Gasteiger partial charge in [-0.05, 0) is 37.8 Å². The predicted molar refractivity (Wildman–Crippen MR) is 130 cm³/mol. The second-order valence-electron chi connectivity index (χ2n) is 8.91. The van der Waals surface area contributed by atoms with Crippen LogP contribution in [0, 0.1) is 19.4 Å². The van der Waals surface area contributed by atoms with Crippen molar-refractivity contribution in [3.8, 4) is 0 Å². The Balaban J connectivity index is 2.53. The Kier molecular flexibility index (Phi) is 14.1. The molecule has 1 radical (unpaired) electrons. The summed E-state index contributed by atoms with van der Waals surface area (Å²) in [7, 11) is 0. The highest BCUT2D eigenvalue weighted by Crippen LogP contribution is 2.08. The van der Waals surface area contributed by atoms with E-state index in [1.54, 1.807) is 18.7 Å². The highest BCUT2D eigenvalue weighted by Gasteiger charge is 2.21. The molecular formula is C26H42N3O3. The maximum Gasteiger partial charge on any atom is 0.251 e. The van der Waals surface area contributed by atoms with E-state index < -0.39 is 6.04 Å². The second kappa shape index (κ2) is 16.3. The van der Waals surface area contributed by atoms with Crippen LogP contribution in [-0.2, 0) is 9.59 Å². The molecule has 0 aliphatic rings. The number of carbonyl (C=O) groups is 3. The van der Waals surface area contributed by atoms with Crippen LogP contribution in [0.1, 0.15) is 94.5 Å². The number of amides is 3. The van der Waals surface area contributed by atoms with Crippen molar-refractivity contribution in [2.24, 2.45) is 5.92 Å². The molecule has 0 saturated heterocycles. The Morgan fingerprint density at radius 2 is 1.56 bits per heavy atom. The van der Waals surface area contributed by atoms with E-state index in [9.17, 15) is 14.4 Å². The van der Waals surface area contributed by atoms with E-state index in [4.69, 9.17) is 0 Å². The first-order valence-electron chi connectivity index (χ1n) is 12.1. The van der Waals surface area contributed by atoms with Crippen LogP contribution in [0.25, 0.3) is 0 Å². The van der Waals surface area contributed by atoms with Gasteiger partial charge in [0.2, 0.25) is 11.8 Å². The molecule has 179 valence electrons. The van der Waals surface area contributed by atoms with Gasteiger partial charge in [0, 0.05) is 25.1 Å². The Morgan fingerprint density at radius 3 is 2.19 bits per heavy atom. The molecule has 3 amide bonds. The van der Waals surface area contributed by atoms with Gasteiger partial charge in [0.25, 0.3) is 5.91 Å². The van der Waals surface area contributed by atoms with E-state index in [-0.39, 0.29) is 24.3 Å². The van der Waals surface area contributed by atoms with Crippen molar-refractivity contribution >= 4 is 17.7 Å². The molecule has 6 nitrogen and oxygen atoms in total. The number of hydrogen-bond donors (Lipinski definition) is 3. The maximum atomic E-state index is 12.6. The Bertz CT molecular complexity index is 686. The third kappa shape index (κ3) is 12.5. The predicted octanol–water partition coefficient (Wildman–Crippen LogP) is 4.67. The molecule has 0 aliphatic carbocycles. The summed E-state index contributed by atoms with van der Waals surface area (Å²) in [6.07, 6.45) is 9.02. The fourth-order valence-corrected chi connectivity index (χ4v) is 3.22. The number of rotatable bonds is 16. The Morgan fingerprint density at radius 1 is 0.938 bits per heavy atom. The standard InChI is InChI=1S/C26H42N3O3/c1-5-6-7-8-9-10-11-12-24(30)29-23(26(32)27-18-17-20(2)3)19-28-25(31)22-15-13-21(4)14-16-22/h13-16,18,20,23H,5-12,17,19H2,1-4H3,(H,27,32)(H,28,31)(H,29,30)/t23-/m0/s1. The highest BCUT2D eigenvalue weighted by molar-refractivity contribution is 5.95. The summed E-state index contributed by atoms with van der Waals surface area (Å²) >= 11 is 0. The van der Waals surface area contributed by atoms with Gasteiger partial charge in [-0.1, -0.05) is 77.0 Å². The molecule has 0 bridgehead atoms. The largest absolute Gasteiger partial charge is 0.349 e. The van der Waals surface area contributed by atoms with Crippen molar-refractivity contribution in [2.45, 2.75) is 91.5 Å². The van der Waals surface area contributed by atoms with Crippen LogP contribution in [0.15, 0.2) is 24.3 Å². The van der Waals surface area contributed by atoms with Gasteiger partial charge in [0.1, 0.15) is 6.04 Å². The molecule has 1 atom stereocenters. The van der Waals surface area contributed by atoms with Crippen LogP contribution < -0.4 is 16.0 Å². The lowest BCUT2D eigenvalue weighted by Crippen LogP contribution is -2.52. The van der Waals surface area contributed by atoms with E-state index >= 15 is 0 Å². The van der Waals surface area contributed by atoms with Crippen LogP contribution in [0.2, 0.25) is 0 Å². The molecule has 0 unspecified atom stereocenters. The van der Waals surface area contributed by atoms with E-state index in [0.29, 0.717) is 17.9 Å². The molecule has 0 heterocycles. The van der Waals surface area contributed by atoms with Gasteiger partial charge in [-0.15, -0.1) is 0 Å². The molecule has 3 N–H and O–H groups in total. The minimum Gasteiger partial charge on any atom is -0.349 e. The van der Waals surface area contributed by atoms with E-state index in [2.05, 4.69) is 36.7 Å². The second-order valence-corrected chi connectivity index (χ2v) is 8.91. The number of nitrogens with one attached hydrogen (secondary N) is 3. The van der Waals surface area contributed by atoms with Crippen LogP contribution in [0.3, 0.4) is 0 Å². The van der Waals surface area contributed by atoms with Crippen molar-refractivity contribution in [1.82, 2.24) is 16.0 Å². The van der Waals surface area contributed by atoms with Gasteiger partial charge in [-0.3, -0.25) is 14.4 Å². The Hall–Kier alpha value is -2.37. The van der Waals surface area contributed by atoms with Crippen LogP contribution in [0.5, 0.6) is 0 Å². The average Bonchev–Trinajstić information content (AvgIpc) is 2.75. The fraction of sp³-hybridized carbons (Fsp3) is 0.615. The van der Waals surface area contributed by atoms with Crippen LogP contribution in [-0.4, -0.2) is 30.3 Å². The van der Waals surface area contributed by atoms with Crippen molar-refractivity contribution in [3.63, 3.8) is 0 Å². The average molecular weight is 445 g/mol. The molecule has 6 heteroatoms. The van der Waals surface area contributed by atoms with Crippen molar-refractivity contribution < 1.29 is 14.4 Å². The minimum atomic E-state index is -0.815. The van der Waals surface area contributed by atoms with Gasteiger partial charge >= 0.3 is 0 Å². The summed E-state index contributed by atoms with van der Waals surface area (Å²) < 4.78 is 0. The summed E-state index contributed by atoms with van der Waals surface area (Å²) in [4.78, 5) is 37.5. The molecule has 0 fully saturated rings.